The van der Waals surface area contributed by atoms with E-state index in [-0.39, 0.29) is 24.2 Å². The largest absolute Gasteiger partial charge is 0.433 e. The topological polar surface area (TPSA) is 126 Å². The molecule has 2 heterocycles. The van der Waals surface area contributed by atoms with Gasteiger partial charge in [0.15, 0.2) is 5.76 Å². The third kappa shape index (κ3) is 4.70. The number of anilines is 1. The van der Waals surface area contributed by atoms with E-state index in [0.717, 1.165) is 11.6 Å². The summed E-state index contributed by atoms with van der Waals surface area (Å²) in [5, 5.41) is 22.7. The number of amides is 2. The number of nitrogens with zero attached hydrogens (tertiary/aromatic N) is 2. The van der Waals surface area contributed by atoms with Crippen LogP contribution in [0.3, 0.4) is 0 Å². The lowest BCUT2D eigenvalue weighted by atomic mass is 10.1. The van der Waals surface area contributed by atoms with Crippen LogP contribution in [0.15, 0.2) is 40.8 Å². The molecule has 2 N–H and O–H groups in total. The van der Waals surface area contributed by atoms with Gasteiger partial charge in [-0.25, -0.2) is 0 Å². The quantitative estimate of drug-likeness (QED) is 0.609. The molecule has 0 aliphatic carbocycles. The van der Waals surface area contributed by atoms with E-state index in [4.69, 9.17) is 4.42 Å². The summed E-state index contributed by atoms with van der Waals surface area (Å²) < 4.78 is 4.85. The predicted molar refractivity (Wildman–Crippen MR) is 95.3 cm³/mol. The average molecular weight is 373 g/mol. The van der Waals surface area contributed by atoms with Crippen LogP contribution < -0.4 is 5.32 Å². The number of rotatable bonds is 5. The maximum atomic E-state index is 12.3. The van der Waals surface area contributed by atoms with Crippen LogP contribution in [0.4, 0.5) is 11.6 Å². The van der Waals surface area contributed by atoms with Gasteiger partial charge in [-0.15, -0.1) is 0 Å². The van der Waals surface area contributed by atoms with E-state index in [1.54, 1.807) is 29.2 Å². The Morgan fingerprint density at radius 2 is 1.85 bits per heavy atom. The Morgan fingerprint density at radius 3 is 2.44 bits per heavy atom. The summed E-state index contributed by atoms with van der Waals surface area (Å²) in [7, 11) is 0. The number of aliphatic hydroxyl groups is 1. The van der Waals surface area contributed by atoms with Crippen molar-refractivity contribution >= 4 is 23.4 Å². The van der Waals surface area contributed by atoms with Gasteiger partial charge in [-0.3, -0.25) is 19.7 Å². The molecule has 0 unspecified atom stereocenters. The number of aliphatic hydroxyl groups excluding tert-OH is 1. The van der Waals surface area contributed by atoms with Gasteiger partial charge < -0.3 is 19.7 Å². The third-order valence-electron chi connectivity index (χ3n) is 4.38. The first-order valence-corrected chi connectivity index (χ1v) is 8.53. The lowest BCUT2D eigenvalue weighted by Gasteiger charge is -2.29. The van der Waals surface area contributed by atoms with Crippen molar-refractivity contribution in [1.82, 2.24) is 4.90 Å². The Kier molecular flexibility index (Phi) is 5.51. The molecule has 1 aliphatic heterocycles. The van der Waals surface area contributed by atoms with Gasteiger partial charge in [0.05, 0.1) is 18.6 Å². The molecule has 1 fully saturated rings. The normalized spacial score (nSPS) is 14.8. The zero-order valence-corrected chi connectivity index (χ0v) is 14.5. The average Bonchev–Trinajstić information content (AvgIpc) is 3.14. The smallest absolute Gasteiger partial charge is 0.395 e. The Balaban J connectivity index is 1.55. The van der Waals surface area contributed by atoms with Crippen molar-refractivity contribution in [2.24, 2.45) is 0 Å². The maximum Gasteiger partial charge on any atom is 0.433 e. The molecular weight excluding hydrogens is 354 g/mol. The minimum Gasteiger partial charge on any atom is -0.395 e. The van der Waals surface area contributed by atoms with Gasteiger partial charge in [0.2, 0.25) is 5.91 Å². The number of piperidine rings is 1. The second-order valence-electron chi connectivity index (χ2n) is 6.33. The molecule has 142 valence electrons. The van der Waals surface area contributed by atoms with Gasteiger partial charge in [0.1, 0.15) is 4.92 Å². The Morgan fingerprint density at radius 1 is 1.19 bits per heavy atom. The van der Waals surface area contributed by atoms with Crippen LogP contribution in [0.2, 0.25) is 0 Å². The van der Waals surface area contributed by atoms with Crippen molar-refractivity contribution in [2.75, 3.05) is 18.4 Å². The van der Waals surface area contributed by atoms with Crippen LogP contribution >= 0.6 is 0 Å². The minimum absolute atomic E-state index is 0.00146. The van der Waals surface area contributed by atoms with Crippen molar-refractivity contribution < 1.29 is 24.0 Å². The first kappa shape index (κ1) is 18.6. The number of hydrogen-bond donors (Lipinski definition) is 2. The van der Waals surface area contributed by atoms with Crippen molar-refractivity contribution in [3.63, 3.8) is 0 Å². The predicted octanol–water partition coefficient (Wildman–Crippen LogP) is 1.97. The summed E-state index contributed by atoms with van der Waals surface area (Å²) in [6.45, 7) is 1.12. The highest BCUT2D eigenvalue weighted by Crippen LogP contribution is 2.18. The van der Waals surface area contributed by atoms with Gasteiger partial charge in [-0.1, -0.05) is 12.1 Å². The Labute approximate surface area is 154 Å². The minimum atomic E-state index is -0.717. The Hall–Kier alpha value is -3.20. The van der Waals surface area contributed by atoms with Crippen LogP contribution in [-0.2, 0) is 11.2 Å². The van der Waals surface area contributed by atoms with Crippen molar-refractivity contribution in [2.45, 2.75) is 25.4 Å². The van der Waals surface area contributed by atoms with E-state index < -0.39 is 16.7 Å². The molecule has 2 aromatic rings. The van der Waals surface area contributed by atoms with Gasteiger partial charge in [0.25, 0.3) is 5.91 Å². The zero-order valence-electron chi connectivity index (χ0n) is 14.5. The van der Waals surface area contributed by atoms with Gasteiger partial charge >= 0.3 is 5.88 Å². The van der Waals surface area contributed by atoms with Crippen LogP contribution in [0.25, 0.3) is 0 Å². The molecule has 0 spiro atoms. The first-order chi connectivity index (χ1) is 12.9. The van der Waals surface area contributed by atoms with E-state index >= 15 is 0 Å². The van der Waals surface area contributed by atoms with Gasteiger partial charge in [-0.2, -0.15) is 0 Å². The lowest BCUT2D eigenvalue weighted by Crippen LogP contribution is -2.40. The molecule has 9 nitrogen and oxygen atoms in total. The number of benzene rings is 1. The second kappa shape index (κ2) is 8.00. The van der Waals surface area contributed by atoms with E-state index in [2.05, 4.69) is 5.32 Å². The number of carbonyl (C=O) groups is 2. The highest BCUT2D eigenvalue weighted by molar-refractivity contribution is 6.02. The second-order valence-corrected chi connectivity index (χ2v) is 6.33. The third-order valence-corrected chi connectivity index (χ3v) is 4.38. The van der Waals surface area contributed by atoms with E-state index in [0.29, 0.717) is 31.6 Å². The molecule has 27 heavy (non-hydrogen) atoms. The standard InChI is InChI=1S/C18H19N3O6/c22-14-7-9-20(10-8-14)16(23)11-12-1-3-13(4-2-12)19-18(24)15-5-6-17(27-15)21(25)26/h1-6,14,22H,7-11H2,(H,19,24). The molecule has 1 saturated heterocycles. The first-order valence-electron chi connectivity index (χ1n) is 8.53. The van der Waals surface area contributed by atoms with E-state index in [9.17, 15) is 24.8 Å². The summed E-state index contributed by atoms with van der Waals surface area (Å²) in [6, 6.07) is 9.11. The molecule has 2 amide bonds. The summed E-state index contributed by atoms with van der Waals surface area (Å²) in [5.74, 6) is -1.26. The summed E-state index contributed by atoms with van der Waals surface area (Å²) >= 11 is 0. The molecule has 3 rings (SSSR count). The fourth-order valence-corrected chi connectivity index (χ4v) is 2.85. The van der Waals surface area contributed by atoms with Crippen molar-refractivity contribution in [3.05, 3.63) is 57.8 Å². The number of likely N-dealkylation sites (tertiary alicyclic amines) is 1. The van der Waals surface area contributed by atoms with Crippen LogP contribution in [0.1, 0.15) is 29.0 Å². The van der Waals surface area contributed by atoms with Crippen LogP contribution in [0, 0.1) is 10.1 Å². The number of hydrogen-bond acceptors (Lipinski definition) is 6. The number of furan rings is 1. The number of nitrogens with one attached hydrogen (secondary N) is 1. The highest BCUT2D eigenvalue weighted by atomic mass is 16.6. The molecule has 0 radical (unpaired) electrons. The molecule has 1 aliphatic rings. The van der Waals surface area contributed by atoms with Gasteiger partial charge in [-0.05, 0) is 36.6 Å². The fraction of sp³-hybridized carbons (Fsp3) is 0.333. The van der Waals surface area contributed by atoms with Gasteiger partial charge in [0, 0.05) is 18.8 Å². The zero-order chi connectivity index (χ0) is 19.4. The molecule has 1 aromatic heterocycles. The highest BCUT2D eigenvalue weighted by Gasteiger charge is 2.21. The Bertz CT molecular complexity index is 837. The summed E-state index contributed by atoms with van der Waals surface area (Å²) in [4.78, 5) is 35.9. The molecule has 0 bridgehead atoms. The number of nitro groups is 1. The lowest BCUT2D eigenvalue weighted by molar-refractivity contribution is -0.402. The monoisotopic (exact) mass is 373 g/mol. The summed E-state index contributed by atoms with van der Waals surface area (Å²) in [6.07, 6.45) is 1.12. The fourth-order valence-electron chi connectivity index (χ4n) is 2.85. The molecule has 0 saturated carbocycles. The van der Waals surface area contributed by atoms with Crippen molar-refractivity contribution in [3.8, 4) is 0 Å². The molecule has 0 atom stereocenters. The van der Waals surface area contributed by atoms with Crippen LogP contribution in [-0.4, -0.2) is 45.9 Å². The van der Waals surface area contributed by atoms with E-state index in [1.165, 1.54) is 6.07 Å². The summed E-state index contributed by atoms with van der Waals surface area (Å²) in [5.41, 5.74) is 1.29. The van der Waals surface area contributed by atoms with E-state index in [1.807, 2.05) is 0 Å². The number of carbonyl (C=O) groups excluding carboxylic acids is 2. The molecule has 9 heteroatoms. The maximum absolute atomic E-state index is 12.3. The van der Waals surface area contributed by atoms with Crippen molar-refractivity contribution in [1.29, 1.82) is 0 Å². The molecule has 1 aromatic carbocycles. The SMILES string of the molecule is O=C(Nc1ccc(CC(=O)N2CCC(O)CC2)cc1)c1ccc([N+](=O)[O-])o1. The van der Waals surface area contributed by atoms with Crippen LogP contribution in [0.5, 0.6) is 0 Å². The molecular formula is C18H19N3O6.